The second-order valence-corrected chi connectivity index (χ2v) is 4.94. The number of hydrogen-bond donors (Lipinski definition) is 1. The molecule has 0 aromatic heterocycles. The van der Waals surface area contributed by atoms with Gasteiger partial charge in [-0.2, -0.15) is 0 Å². The summed E-state index contributed by atoms with van der Waals surface area (Å²) in [4.78, 5) is 34.9. The molecule has 1 aliphatic carbocycles. The molecule has 1 saturated carbocycles. The lowest BCUT2D eigenvalue weighted by Gasteiger charge is -2.14. The van der Waals surface area contributed by atoms with E-state index in [4.69, 9.17) is 4.74 Å². The van der Waals surface area contributed by atoms with Crippen molar-refractivity contribution in [1.29, 1.82) is 0 Å². The van der Waals surface area contributed by atoms with Crippen molar-refractivity contribution in [3.63, 3.8) is 0 Å². The van der Waals surface area contributed by atoms with Gasteiger partial charge in [-0.3, -0.25) is 14.4 Å². The van der Waals surface area contributed by atoms with E-state index in [0.717, 1.165) is 12.8 Å². The van der Waals surface area contributed by atoms with E-state index in [0.29, 0.717) is 11.3 Å². The van der Waals surface area contributed by atoms with Crippen molar-refractivity contribution in [2.24, 2.45) is 5.92 Å². The Balaban J connectivity index is 2.00. The number of Topliss-reactive ketones (excluding diaryl/α,β-unsaturated/α-hetero) is 1. The fourth-order valence-electron chi connectivity index (χ4n) is 1.78. The number of esters is 1. The Morgan fingerprint density at radius 2 is 1.90 bits per heavy atom. The van der Waals surface area contributed by atoms with E-state index in [1.807, 2.05) is 0 Å². The number of carbonyl (C=O) groups is 3. The van der Waals surface area contributed by atoms with Gasteiger partial charge in [-0.05, 0) is 38.8 Å². The number of hydrogen-bond acceptors (Lipinski definition) is 4. The summed E-state index contributed by atoms with van der Waals surface area (Å²) in [7, 11) is 0. The predicted molar refractivity (Wildman–Crippen MR) is 73.4 cm³/mol. The third-order valence-corrected chi connectivity index (χ3v) is 3.14. The van der Waals surface area contributed by atoms with Crippen molar-refractivity contribution >= 4 is 23.3 Å². The largest absolute Gasteiger partial charge is 0.452 e. The van der Waals surface area contributed by atoms with Gasteiger partial charge in [-0.15, -0.1) is 0 Å². The van der Waals surface area contributed by atoms with Gasteiger partial charge in [0.15, 0.2) is 11.9 Å². The number of nitrogens with one attached hydrogen (secondary N) is 1. The zero-order valence-electron chi connectivity index (χ0n) is 11.5. The Hall–Kier alpha value is -2.17. The molecular weight excluding hydrogens is 258 g/mol. The first-order chi connectivity index (χ1) is 9.49. The fourth-order valence-corrected chi connectivity index (χ4v) is 1.78. The summed E-state index contributed by atoms with van der Waals surface area (Å²) in [6.07, 6.45) is 0.795. The van der Waals surface area contributed by atoms with Crippen LogP contribution in [0.1, 0.15) is 37.0 Å². The Labute approximate surface area is 117 Å². The standard InChI is InChI=1S/C15H17NO4/c1-9(17)12-5-3-4-6-13(12)16-14(18)10(2)20-15(19)11-7-8-11/h3-6,10-11H,7-8H2,1-2H3,(H,16,18)/t10-/m1/s1. The van der Waals surface area contributed by atoms with Crippen molar-refractivity contribution in [2.45, 2.75) is 32.8 Å². The lowest BCUT2D eigenvalue weighted by Crippen LogP contribution is -2.30. The molecule has 0 bridgehead atoms. The lowest BCUT2D eigenvalue weighted by atomic mass is 10.1. The van der Waals surface area contributed by atoms with Crippen LogP contribution in [0.5, 0.6) is 0 Å². The summed E-state index contributed by atoms with van der Waals surface area (Å²) in [5.74, 6) is -0.946. The van der Waals surface area contributed by atoms with Crippen LogP contribution in [0.4, 0.5) is 5.69 Å². The van der Waals surface area contributed by atoms with E-state index in [1.54, 1.807) is 24.3 Å². The monoisotopic (exact) mass is 275 g/mol. The highest BCUT2D eigenvalue weighted by Crippen LogP contribution is 2.30. The van der Waals surface area contributed by atoms with Crippen molar-refractivity contribution in [1.82, 2.24) is 0 Å². The summed E-state index contributed by atoms with van der Waals surface area (Å²) in [6.45, 7) is 2.95. The molecule has 1 N–H and O–H groups in total. The average molecular weight is 275 g/mol. The number of ether oxygens (including phenoxy) is 1. The van der Waals surface area contributed by atoms with Crippen LogP contribution in [0.15, 0.2) is 24.3 Å². The lowest BCUT2D eigenvalue weighted by molar-refractivity contribution is -0.154. The Bertz CT molecular complexity index is 549. The zero-order chi connectivity index (χ0) is 14.7. The molecule has 1 aliphatic rings. The zero-order valence-corrected chi connectivity index (χ0v) is 11.5. The molecule has 1 aromatic carbocycles. The van der Waals surface area contributed by atoms with Crippen LogP contribution >= 0.6 is 0 Å². The van der Waals surface area contributed by atoms with Crippen LogP contribution in [-0.4, -0.2) is 23.8 Å². The number of ketones is 1. The molecule has 0 radical (unpaired) electrons. The number of para-hydroxylation sites is 1. The second-order valence-electron chi connectivity index (χ2n) is 4.94. The Kier molecular flexibility index (Phi) is 4.17. The van der Waals surface area contributed by atoms with Crippen LogP contribution < -0.4 is 5.32 Å². The van der Waals surface area contributed by atoms with Crippen molar-refractivity contribution in [3.05, 3.63) is 29.8 Å². The van der Waals surface area contributed by atoms with Gasteiger partial charge in [0.05, 0.1) is 11.6 Å². The fraction of sp³-hybridized carbons (Fsp3) is 0.400. The molecule has 0 spiro atoms. The summed E-state index contributed by atoms with van der Waals surface area (Å²) in [5.41, 5.74) is 0.862. The molecule has 0 unspecified atom stereocenters. The number of benzene rings is 1. The molecule has 1 fully saturated rings. The van der Waals surface area contributed by atoms with Crippen LogP contribution in [-0.2, 0) is 14.3 Å². The molecule has 1 atom stereocenters. The molecule has 2 rings (SSSR count). The minimum Gasteiger partial charge on any atom is -0.452 e. The van der Waals surface area contributed by atoms with E-state index >= 15 is 0 Å². The first kappa shape index (κ1) is 14.2. The van der Waals surface area contributed by atoms with E-state index in [2.05, 4.69) is 5.32 Å². The molecule has 0 heterocycles. The molecule has 1 aromatic rings. The molecule has 5 nitrogen and oxygen atoms in total. The maximum absolute atomic E-state index is 12.0. The highest BCUT2D eigenvalue weighted by Gasteiger charge is 2.33. The van der Waals surface area contributed by atoms with Crippen LogP contribution in [0, 0.1) is 5.92 Å². The summed E-state index contributed by atoms with van der Waals surface area (Å²) in [5, 5.41) is 2.62. The molecule has 0 aliphatic heterocycles. The highest BCUT2D eigenvalue weighted by molar-refractivity contribution is 6.04. The normalized spacial score (nSPS) is 15.3. The molecular formula is C15H17NO4. The van der Waals surface area contributed by atoms with Gasteiger partial charge in [0, 0.05) is 5.56 Å². The van der Waals surface area contributed by atoms with Gasteiger partial charge in [-0.25, -0.2) is 0 Å². The van der Waals surface area contributed by atoms with Gasteiger partial charge < -0.3 is 10.1 Å². The Morgan fingerprint density at radius 1 is 1.25 bits per heavy atom. The van der Waals surface area contributed by atoms with Gasteiger partial charge in [0.1, 0.15) is 0 Å². The third-order valence-electron chi connectivity index (χ3n) is 3.14. The highest BCUT2D eigenvalue weighted by atomic mass is 16.5. The minimum absolute atomic E-state index is 0.0465. The topological polar surface area (TPSA) is 72.5 Å². The summed E-state index contributed by atoms with van der Waals surface area (Å²) < 4.78 is 5.07. The van der Waals surface area contributed by atoms with Crippen molar-refractivity contribution < 1.29 is 19.1 Å². The van der Waals surface area contributed by atoms with Crippen LogP contribution in [0.2, 0.25) is 0 Å². The number of carbonyl (C=O) groups excluding carboxylic acids is 3. The smallest absolute Gasteiger partial charge is 0.309 e. The summed E-state index contributed by atoms with van der Waals surface area (Å²) in [6, 6.07) is 6.73. The average Bonchev–Trinajstić information content (AvgIpc) is 3.23. The van der Waals surface area contributed by atoms with Gasteiger partial charge in [-0.1, -0.05) is 12.1 Å². The number of amides is 1. The second kappa shape index (κ2) is 5.86. The molecule has 1 amide bonds. The first-order valence-corrected chi connectivity index (χ1v) is 6.60. The van der Waals surface area contributed by atoms with Gasteiger partial charge >= 0.3 is 5.97 Å². The van der Waals surface area contributed by atoms with Crippen LogP contribution in [0.25, 0.3) is 0 Å². The van der Waals surface area contributed by atoms with E-state index < -0.39 is 12.0 Å². The van der Waals surface area contributed by atoms with Crippen molar-refractivity contribution in [2.75, 3.05) is 5.32 Å². The quantitative estimate of drug-likeness (QED) is 0.660. The first-order valence-electron chi connectivity index (χ1n) is 6.60. The number of anilines is 1. The van der Waals surface area contributed by atoms with Gasteiger partial charge in [0.2, 0.25) is 0 Å². The molecule has 20 heavy (non-hydrogen) atoms. The van der Waals surface area contributed by atoms with E-state index in [-0.39, 0.29) is 17.7 Å². The van der Waals surface area contributed by atoms with E-state index in [1.165, 1.54) is 13.8 Å². The van der Waals surface area contributed by atoms with Crippen LogP contribution in [0.3, 0.4) is 0 Å². The SMILES string of the molecule is CC(=O)c1ccccc1NC(=O)[C@@H](C)OC(=O)C1CC1. The maximum atomic E-state index is 12.0. The third kappa shape index (κ3) is 3.44. The predicted octanol–water partition coefficient (Wildman–Crippen LogP) is 2.17. The molecule has 106 valence electrons. The van der Waals surface area contributed by atoms with E-state index in [9.17, 15) is 14.4 Å². The molecule has 5 heteroatoms. The van der Waals surface area contributed by atoms with Crippen molar-refractivity contribution in [3.8, 4) is 0 Å². The maximum Gasteiger partial charge on any atom is 0.309 e. The summed E-state index contributed by atoms with van der Waals surface area (Å²) >= 11 is 0. The molecule has 0 saturated heterocycles. The number of rotatable bonds is 5. The Morgan fingerprint density at radius 3 is 2.50 bits per heavy atom. The van der Waals surface area contributed by atoms with Gasteiger partial charge in [0.25, 0.3) is 5.91 Å². The minimum atomic E-state index is -0.872.